The molecule has 1 aromatic carbocycles. The molecule has 0 N–H and O–H groups in total. The fraction of sp³-hybridized carbons (Fsp3) is 0.625. The van der Waals surface area contributed by atoms with E-state index in [0.717, 1.165) is 26.2 Å². The van der Waals surface area contributed by atoms with E-state index in [-0.39, 0.29) is 17.0 Å². The van der Waals surface area contributed by atoms with Crippen LogP contribution in [0.3, 0.4) is 0 Å². The summed E-state index contributed by atoms with van der Waals surface area (Å²) in [6.45, 7) is -0.0102. The van der Waals surface area contributed by atoms with Gasteiger partial charge in [-0.05, 0) is 23.8 Å². The summed E-state index contributed by atoms with van der Waals surface area (Å²) in [7, 11) is -2.96. The summed E-state index contributed by atoms with van der Waals surface area (Å²) in [6, 6.07) is 3.41. The lowest BCUT2D eigenvalue weighted by molar-refractivity contribution is -0.398. The van der Waals surface area contributed by atoms with Crippen LogP contribution >= 0.6 is 0 Å². The van der Waals surface area contributed by atoms with E-state index in [9.17, 15) is 47.9 Å². The number of fused-ring (bicyclic) bond motifs is 1. The Labute approximate surface area is 165 Å². The Balaban J connectivity index is 2.59. The number of hydrogen-bond donors (Lipinski definition) is 0. The topological polar surface area (TPSA) is 46.6 Å². The number of sulfonamides is 1. The average molecular weight is 473 g/mol. The zero-order chi connectivity index (χ0) is 23.6. The molecule has 1 aromatic rings. The molecule has 0 bridgehead atoms. The maximum Gasteiger partial charge on any atom is 0.460 e. The third-order valence-electron chi connectivity index (χ3n) is 4.84. The van der Waals surface area contributed by atoms with E-state index in [0.29, 0.717) is 10.6 Å². The second kappa shape index (κ2) is 6.82. The third-order valence-corrected chi connectivity index (χ3v) is 5.96. The van der Waals surface area contributed by atoms with Crippen LogP contribution < -0.4 is 9.04 Å². The van der Waals surface area contributed by atoms with Crippen molar-refractivity contribution >= 4 is 15.7 Å². The number of rotatable bonds is 6. The van der Waals surface area contributed by atoms with Gasteiger partial charge in [-0.25, -0.2) is 8.42 Å². The van der Waals surface area contributed by atoms with E-state index in [2.05, 4.69) is 0 Å². The molecule has 0 fully saturated rings. The first kappa shape index (κ1) is 24.4. The van der Waals surface area contributed by atoms with Crippen molar-refractivity contribution in [3.63, 3.8) is 0 Å². The van der Waals surface area contributed by atoms with Crippen molar-refractivity contribution in [2.75, 3.05) is 24.2 Å². The van der Waals surface area contributed by atoms with Gasteiger partial charge in [0.2, 0.25) is 10.0 Å². The van der Waals surface area contributed by atoms with Gasteiger partial charge in [-0.3, -0.25) is 4.31 Å². The Kier molecular flexibility index (Phi) is 5.55. The highest BCUT2D eigenvalue weighted by molar-refractivity contribution is 7.92. The molecule has 2 rings (SSSR count). The molecule has 0 aliphatic carbocycles. The summed E-state index contributed by atoms with van der Waals surface area (Å²) in [6.07, 6.45) is -8.43. The molecule has 172 valence electrons. The summed E-state index contributed by atoms with van der Waals surface area (Å²) < 4.78 is 149. The number of ether oxygens (including phenoxy) is 1. The fourth-order valence-electron chi connectivity index (χ4n) is 3.29. The van der Waals surface area contributed by atoms with Crippen molar-refractivity contribution in [2.24, 2.45) is 0 Å². The number of halogens is 9. The molecule has 1 unspecified atom stereocenters. The van der Waals surface area contributed by atoms with Crippen LogP contribution in [0.2, 0.25) is 0 Å². The maximum absolute atomic E-state index is 14.3. The standard InChI is InChI=1S/C16H16F9NO3S/c1-12(7-13(17,18)14(19,20)15(21,22)16(23,24)25)8-26(30(3,27)28)11-5-4-9(29-2)6-10(11)12/h4-6H,7-8H2,1-3H3. The van der Waals surface area contributed by atoms with Crippen LogP contribution in [0.1, 0.15) is 18.9 Å². The summed E-state index contributed by atoms with van der Waals surface area (Å²) in [5.74, 6) is -19.7. The number of benzene rings is 1. The number of anilines is 1. The summed E-state index contributed by atoms with van der Waals surface area (Å²) in [5.41, 5.74) is -2.72. The average Bonchev–Trinajstić information content (AvgIpc) is 2.85. The zero-order valence-electron chi connectivity index (χ0n) is 15.6. The molecule has 0 spiro atoms. The molecule has 4 nitrogen and oxygen atoms in total. The molecule has 1 atom stereocenters. The normalized spacial score (nSPS) is 21.0. The smallest absolute Gasteiger partial charge is 0.460 e. The Morgan fingerprint density at radius 1 is 1.03 bits per heavy atom. The SMILES string of the molecule is COc1ccc2c(c1)C(C)(CC(F)(F)C(F)(F)C(F)(F)C(F)(F)F)CN2S(C)(=O)=O. The number of methoxy groups -OCH3 is 1. The number of alkyl halides is 9. The predicted octanol–water partition coefficient (Wildman–Crippen LogP) is 4.59. The van der Waals surface area contributed by atoms with Gasteiger partial charge in [-0.15, -0.1) is 0 Å². The monoisotopic (exact) mass is 473 g/mol. The molecule has 14 heteroatoms. The van der Waals surface area contributed by atoms with Crippen molar-refractivity contribution in [3.8, 4) is 5.75 Å². The van der Waals surface area contributed by atoms with Crippen LogP contribution in [0.15, 0.2) is 18.2 Å². The minimum atomic E-state index is -7.02. The van der Waals surface area contributed by atoms with Gasteiger partial charge in [0.05, 0.1) is 19.1 Å². The maximum atomic E-state index is 14.3. The lowest BCUT2D eigenvalue weighted by Crippen LogP contribution is -2.62. The van der Waals surface area contributed by atoms with Crippen LogP contribution in [-0.2, 0) is 15.4 Å². The Hall–Kier alpha value is -1.86. The van der Waals surface area contributed by atoms with Crippen molar-refractivity contribution in [3.05, 3.63) is 23.8 Å². The van der Waals surface area contributed by atoms with Crippen molar-refractivity contribution in [1.29, 1.82) is 0 Å². The first-order valence-electron chi connectivity index (χ1n) is 8.08. The van der Waals surface area contributed by atoms with E-state index in [1.54, 1.807) is 0 Å². The van der Waals surface area contributed by atoms with Gasteiger partial charge in [0.25, 0.3) is 0 Å². The molecule has 1 aliphatic rings. The van der Waals surface area contributed by atoms with Crippen molar-refractivity contribution in [1.82, 2.24) is 0 Å². The molecular formula is C16H16F9NO3S. The molecule has 0 aromatic heterocycles. The van der Waals surface area contributed by atoms with E-state index in [1.165, 1.54) is 6.07 Å². The van der Waals surface area contributed by atoms with Gasteiger partial charge in [-0.2, -0.15) is 39.5 Å². The van der Waals surface area contributed by atoms with Crippen LogP contribution in [0, 0.1) is 0 Å². The zero-order valence-corrected chi connectivity index (χ0v) is 16.4. The van der Waals surface area contributed by atoms with Crippen molar-refractivity contribution in [2.45, 2.75) is 42.7 Å². The Morgan fingerprint density at radius 3 is 2.00 bits per heavy atom. The number of hydrogen-bond acceptors (Lipinski definition) is 3. The second-order valence-corrected chi connectivity index (χ2v) is 9.15. The van der Waals surface area contributed by atoms with Gasteiger partial charge >= 0.3 is 23.9 Å². The highest BCUT2D eigenvalue weighted by atomic mass is 32.2. The van der Waals surface area contributed by atoms with Crippen LogP contribution in [0.4, 0.5) is 45.2 Å². The minimum Gasteiger partial charge on any atom is -0.497 e. The minimum absolute atomic E-state index is 0.00558. The van der Waals surface area contributed by atoms with Gasteiger partial charge in [0.1, 0.15) is 5.75 Å². The summed E-state index contributed by atoms with van der Waals surface area (Å²) >= 11 is 0. The lowest BCUT2D eigenvalue weighted by atomic mass is 9.77. The predicted molar refractivity (Wildman–Crippen MR) is 88.0 cm³/mol. The van der Waals surface area contributed by atoms with E-state index < -0.39 is 52.3 Å². The van der Waals surface area contributed by atoms with E-state index >= 15 is 0 Å². The first-order valence-corrected chi connectivity index (χ1v) is 9.92. The molecule has 0 amide bonds. The highest BCUT2D eigenvalue weighted by Crippen LogP contribution is 2.57. The van der Waals surface area contributed by atoms with Gasteiger partial charge < -0.3 is 4.74 Å². The largest absolute Gasteiger partial charge is 0.497 e. The Morgan fingerprint density at radius 2 is 1.57 bits per heavy atom. The van der Waals surface area contributed by atoms with E-state index in [1.807, 2.05) is 0 Å². The van der Waals surface area contributed by atoms with E-state index in [4.69, 9.17) is 4.74 Å². The quantitative estimate of drug-likeness (QED) is 0.568. The molecule has 0 saturated heterocycles. The second-order valence-electron chi connectivity index (χ2n) is 7.24. The van der Waals surface area contributed by atoms with Gasteiger partial charge in [0.15, 0.2) is 0 Å². The lowest BCUT2D eigenvalue weighted by Gasteiger charge is -2.37. The van der Waals surface area contributed by atoms with Crippen LogP contribution in [0.5, 0.6) is 5.75 Å². The van der Waals surface area contributed by atoms with Gasteiger partial charge in [0, 0.05) is 18.4 Å². The summed E-state index contributed by atoms with van der Waals surface area (Å²) in [4.78, 5) is 0. The molecule has 0 radical (unpaired) electrons. The molecular weight excluding hydrogens is 457 g/mol. The van der Waals surface area contributed by atoms with Crippen LogP contribution in [0.25, 0.3) is 0 Å². The summed E-state index contributed by atoms with van der Waals surface area (Å²) in [5, 5.41) is 0. The molecule has 1 heterocycles. The highest BCUT2D eigenvalue weighted by Gasteiger charge is 2.82. The fourth-order valence-corrected chi connectivity index (χ4v) is 4.32. The molecule has 1 aliphatic heterocycles. The first-order chi connectivity index (χ1) is 13.2. The third kappa shape index (κ3) is 3.66. The number of nitrogens with zero attached hydrogens (tertiary/aromatic N) is 1. The van der Waals surface area contributed by atoms with Crippen LogP contribution in [-0.4, -0.2) is 52.3 Å². The Bertz CT molecular complexity index is 930. The molecule has 30 heavy (non-hydrogen) atoms. The van der Waals surface area contributed by atoms with Crippen molar-refractivity contribution < 1.29 is 52.7 Å². The molecule has 0 saturated carbocycles. The van der Waals surface area contributed by atoms with Gasteiger partial charge in [-0.1, -0.05) is 6.92 Å².